The van der Waals surface area contributed by atoms with Gasteiger partial charge in [-0.1, -0.05) is 12.1 Å². The monoisotopic (exact) mass is 406 g/mol. The van der Waals surface area contributed by atoms with Crippen molar-refractivity contribution in [2.45, 2.75) is 6.54 Å². The van der Waals surface area contributed by atoms with Crippen LogP contribution in [-0.4, -0.2) is 60.1 Å². The maximum Gasteiger partial charge on any atom is 0.196 e. The highest BCUT2D eigenvalue weighted by Gasteiger charge is 2.24. The molecule has 0 aliphatic carbocycles. The van der Waals surface area contributed by atoms with Crippen LogP contribution >= 0.6 is 0 Å². The third-order valence-electron chi connectivity index (χ3n) is 5.66. The van der Waals surface area contributed by atoms with Crippen LogP contribution in [0.25, 0.3) is 22.1 Å². The van der Waals surface area contributed by atoms with Crippen LogP contribution in [0, 0.1) is 5.82 Å². The number of aromatic nitrogens is 3. The number of benzene rings is 1. The summed E-state index contributed by atoms with van der Waals surface area (Å²) in [4.78, 5) is 19.3. The van der Waals surface area contributed by atoms with Gasteiger partial charge in [-0.15, -0.1) is 0 Å². The molecule has 1 aromatic carbocycles. The van der Waals surface area contributed by atoms with E-state index in [1.165, 1.54) is 6.20 Å². The van der Waals surface area contributed by atoms with Crippen molar-refractivity contribution < 1.29 is 8.81 Å². The Balaban J connectivity index is 1.36. The average Bonchev–Trinajstić information content (AvgIpc) is 3.14. The predicted octanol–water partition coefficient (Wildman–Crippen LogP) is 3.30. The molecule has 0 bridgehead atoms. The Morgan fingerprint density at radius 1 is 1.07 bits per heavy atom. The van der Waals surface area contributed by atoms with Gasteiger partial charge in [0, 0.05) is 57.8 Å². The normalized spacial score (nSPS) is 15.2. The van der Waals surface area contributed by atoms with Crippen LogP contribution in [0.1, 0.15) is 5.56 Å². The van der Waals surface area contributed by atoms with Crippen LogP contribution < -0.4 is 9.80 Å². The molecule has 0 saturated carbocycles. The number of halogens is 1. The lowest BCUT2D eigenvalue weighted by Gasteiger charge is -2.35. The lowest BCUT2D eigenvalue weighted by Crippen LogP contribution is -2.46. The average molecular weight is 406 g/mol. The minimum absolute atomic E-state index is 0.261. The van der Waals surface area contributed by atoms with Gasteiger partial charge in [0.2, 0.25) is 0 Å². The lowest BCUT2D eigenvalue weighted by atomic mass is 10.1. The summed E-state index contributed by atoms with van der Waals surface area (Å²) < 4.78 is 20.5. The molecule has 4 aromatic rings. The first kappa shape index (κ1) is 18.7. The quantitative estimate of drug-likeness (QED) is 0.515. The highest BCUT2D eigenvalue weighted by molar-refractivity contribution is 6.05. The summed E-state index contributed by atoms with van der Waals surface area (Å²) >= 11 is 0. The summed E-state index contributed by atoms with van der Waals surface area (Å²) in [5.74, 6) is 0.559. The molecule has 154 valence electrons. The predicted molar refractivity (Wildman–Crippen MR) is 115 cm³/mol. The van der Waals surface area contributed by atoms with E-state index in [1.807, 2.05) is 43.3 Å². The van der Waals surface area contributed by atoms with E-state index in [9.17, 15) is 4.39 Å². The standard InChI is InChI=1S/C22H23FN6O/c1-27(2)18-12-24-11-17(23)16(18)13-28-7-9-29(10-8-28)22-21-20(25-14-26-22)15-5-3-4-6-19(15)30-21/h3-6,11-12,14H,7-10,13H2,1-2H3. The van der Waals surface area contributed by atoms with Gasteiger partial charge in [0.1, 0.15) is 23.2 Å². The number of hydrogen-bond acceptors (Lipinski definition) is 7. The SMILES string of the molecule is CN(C)c1cncc(F)c1CN1CCN(c2ncnc3c2oc2ccccc23)CC1. The third kappa shape index (κ3) is 3.23. The van der Waals surface area contributed by atoms with Crippen molar-refractivity contribution >= 4 is 33.6 Å². The van der Waals surface area contributed by atoms with Crippen molar-refractivity contribution in [3.05, 3.63) is 54.4 Å². The maximum atomic E-state index is 14.4. The number of rotatable bonds is 4. The van der Waals surface area contributed by atoms with Crippen molar-refractivity contribution in [2.75, 3.05) is 50.1 Å². The van der Waals surface area contributed by atoms with E-state index in [0.29, 0.717) is 12.1 Å². The van der Waals surface area contributed by atoms with E-state index in [2.05, 4.69) is 24.8 Å². The van der Waals surface area contributed by atoms with Gasteiger partial charge >= 0.3 is 0 Å². The molecule has 0 radical (unpaired) electrons. The second-order valence-corrected chi connectivity index (χ2v) is 7.75. The zero-order valence-electron chi connectivity index (χ0n) is 17.0. The molecule has 0 atom stereocenters. The highest BCUT2D eigenvalue weighted by atomic mass is 19.1. The van der Waals surface area contributed by atoms with Crippen LogP contribution in [0.4, 0.5) is 15.9 Å². The summed E-state index contributed by atoms with van der Waals surface area (Å²) in [6.45, 7) is 3.74. The number of fused-ring (bicyclic) bond motifs is 3. The van der Waals surface area contributed by atoms with Crippen LogP contribution in [-0.2, 0) is 6.54 Å². The van der Waals surface area contributed by atoms with E-state index in [0.717, 1.165) is 59.8 Å². The van der Waals surface area contributed by atoms with E-state index >= 15 is 0 Å². The molecular formula is C22H23FN6O. The smallest absolute Gasteiger partial charge is 0.196 e. The Morgan fingerprint density at radius 3 is 2.67 bits per heavy atom. The minimum atomic E-state index is -0.261. The summed E-state index contributed by atoms with van der Waals surface area (Å²) in [5, 5.41) is 0.999. The van der Waals surface area contributed by atoms with Gasteiger partial charge < -0.3 is 14.2 Å². The second-order valence-electron chi connectivity index (χ2n) is 7.75. The number of piperazine rings is 1. The van der Waals surface area contributed by atoms with Crippen LogP contribution in [0.3, 0.4) is 0 Å². The molecule has 0 amide bonds. The molecule has 0 N–H and O–H groups in total. The molecule has 1 aliphatic rings. The first-order valence-electron chi connectivity index (χ1n) is 10.0. The fourth-order valence-corrected chi connectivity index (χ4v) is 4.07. The summed E-state index contributed by atoms with van der Waals surface area (Å²) in [5.41, 5.74) is 3.88. The zero-order chi connectivity index (χ0) is 20.7. The highest BCUT2D eigenvalue weighted by Crippen LogP contribution is 2.32. The van der Waals surface area contributed by atoms with E-state index in [1.54, 1.807) is 12.5 Å². The van der Waals surface area contributed by atoms with Gasteiger partial charge in [0.05, 0.1) is 18.1 Å². The molecule has 5 rings (SSSR count). The first-order valence-corrected chi connectivity index (χ1v) is 10.0. The van der Waals surface area contributed by atoms with Gasteiger partial charge in [0.15, 0.2) is 11.4 Å². The minimum Gasteiger partial charge on any atom is -0.450 e. The number of pyridine rings is 1. The maximum absolute atomic E-state index is 14.4. The molecule has 7 nitrogen and oxygen atoms in total. The number of para-hydroxylation sites is 1. The van der Waals surface area contributed by atoms with Crippen molar-refractivity contribution in [3.8, 4) is 0 Å². The Hall–Kier alpha value is -3.26. The molecule has 1 saturated heterocycles. The topological polar surface area (TPSA) is 61.5 Å². The second kappa shape index (κ2) is 7.53. The largest absolute Gasteiger partial charge is 0.450 e. The van der Waals surface area contributed by atoms with Crippen molar-refractivity contribution in [2.24, 2.45) is 0 Å². The van der Waals surface area contributed by atoms with Crippen LogP contribution in [0.2, 0.25) is 0 Å². The fraction of sp³-hybridized carbons (Fsp3) is 0.318. The molecule has 0 unspecified atom stereocenters. The first-order chi connectivity index (χ1) is 14.6. The van der Waals surface area contributed by atoms with Crippen LogP contribution in [0.15, 0.2) is 47.4 Å². The van der Waals surface area contributed by atoms with E-state index < -0.39 is 0 Å². The Labute approximate surface area is 173 Å². The molecule has 8 heteroatoms. The van der Waals surface area contributed by atoms with Gasteiger partial charge in [-0.05, 0) is 12.1 Å². The van der Waals surface area contributed by atoms with E-state index in [4.69, 9.17) is 4.42 Å². The molecule has 1 aliphatic heterocycles. The number of furan rings is 1. The zero-order valence-corrected chi connectivity index (χ0v) is 17.0. The third-order valence-corrected chi connectivity index (χ3v) is 5.66. The van der Waals surface area contributed by atoms with E-state index in [-0.39, 0.29) is 5.82 Å². The molecule has 4 heterocycles. The van der Waals surface area contributed by atoms with Crippen LogP contribution in [0.5, 0.6) is 0 Å². The molecular weight excluding hydrogens is 383 g/mol. The van der Waals surface area contributed by atoms with Gasteiger partial charge in [-0.25, -0.2) is 14.4 Å². The fourth-order valence-electron chi connectivity index (χ4n) is 4.07. The van der Waals surface area contributed by atoms with Crippen molar-refractivity contribution in [1.82, 2.24) is 19.9 Å². The lowest BCUT2D eigenvalue weighted by molar-refractivity contribution is 0.246. The molecule has 30 heavy (non-hydrogen) atoms. The molecule has 3 aromatic heterocycles. The summed E-state index contributed by atoms with van der Waals surface area (Å²) in [6.07, 6.45) is 4.60. The summed E-state index contributed by atoms with van der Waals surface area (Å²) in [6, 6.07) is 7.90. The Bertz CT molecular complexity index is 1200. The molecule has 1 fully saturated rings. The number of nitrogens with zero attached hydrogens (tertiary/aromatic N) is 6. The Morgan fingerprint density at radius 2 is 1.87 bits per heavy atom. The number of anilines is 2. The molecule has 0 spiro atoms. The van der Waals surface area contributed by atoms with Gasteiger partial charge in [-0.3, -0.25) is 9.88 Å². The Kier molecular flexibility index (Phi) is 4.71. The van der Waals surface area contributed by atoms with Crippen molar-refractivity contribution in [1.29, 1.82) is 0 Å². The van der Waals surface area contributed by atoms with Gasteiger partial charge in [-0.2, -0.15) is 0 Å². The van der Waals surface area contributed by atoms with Crippen molar-refractivity contribution in [3.63, 3.8) is 0 Å². The number of hydrogen-bond donors (Lipinski definition) is 0. The van der Waals surface area contributed by atoms with Gasteiger partial charge in [0.25, 0.3) is 0 Å². The summed E-state index contributed by atoms with van der Waals surface area (Å²) in [7, 11) is 3.82.